The normalized spacial score (nSPS) is 12.5. The Morgan fingerprint density at radius 1 is 1.05 bits per heavy atom. The molecule has 5 nitrogen and oxygen atoms in total. The van der Waals surface area contributed by atoms with Crippen molar-refractivity contribution in [3.05, 3.63) is 36.4 Å². The molecule has 21 heavy (non-hydrogen) atoms. The molecule has 2 aromatic carbocycles. The largest absolute Gasteiger partial charge is 0.491 e. The minimum absolute atomic E-state index is 0.102. The van der Waals surface area contributed by atoms with E-state index >= 15 is 0 Å². The monoisotopic (exact) mass is 286 g/mol. The summed E-state index contributed by atoms with van der Waals surface area (Å²) in [4.78, 5) is 0. The molecule has 0 saturated carbocycles. The summed E-state index contributed by atoms with van der Waals surface area (Å²) in [7, 11) is 0. The van der Waals surface area contributed by atoms with Crippen molar-refractivity contribution >= 4 is 17.1 Å². The van der Waals surface area contributed by atoms with E-state index in [1.807, 2.05) is 50.2 Å². The molecule has 0 unspecified atom stereocenters. The summed E-state index contributed by atoms with van der Waals surface area (Å²) in [5.74, 6) is 2.24. The van der Waals surface area contributed by atoms with Crippen LogP contribution in [0.2, 0.25) is 0 Å². The molecule has 3 N–H and O–H groups in total. The number of nitrogens with one attached hydrogen (secondary N) is 1. The third-order valence-corrected chi connectivity index (χ3v) is 2.96. The second-order valence-corrected chi connectivity index (χ2v) is 5.15. The Morgan fingerprint density at radius 2 is 1.86 bits per heavy atom. The first-order chi connectivity index (χ1) is 10.1. The standard InChI is InChI=1S/C16H18N2O3/c1-10(2)21-14-6-11(17)5-13(7-14)18-12-3-4-15-16(8-12)20-9-19-15/h3-8,10,18H,9,17H2,1-2H3. The van der Waals surface area contributed by atoms with E-state index in [1.165, 1.54) is 0 Å². The lowest BCUT2D eigenvalue weighted by Gasteiger charge is -2.13. The average Bonchev–Trinajstić information content (AvgIpc) is 2.84. The van der Waals surface area contributed by atoms with Gasteiger partial charge in [0.2, 0.25) is 6.79 Å². The van der Waals surface area contributed by atoms with E-state index in [0.717, 1.165) is 28.6 Å². The van der Waals surface area contributed by atoms with Gasteiger partial charge in [0.15, 0.2) is 11.5 Å². The second-order valence-electron chi connectivity index (χ2n) is 5.15. The van der Waals surface area contributed by atoms with E-state index in [9.17, 15) is 0 Å². The van der Waals surface area contributed by atoms with Crippen LogP contribution in [0, 0.1) is 0 Å². The Morgan fingerprint density at radius 3 is 2.67 bits per heavy atom. The Balaban J connectivity index is 1.82. The highest BCUT2D eigenvalue weighted by Gasteiger charge is 2.13. The van der Waals surface area contributed by atoms with E-state index < -0.39 is 0 Å². The molecule has 0 amide bonds. The number of nitrogens with two attached hydrogens (primary N) is 1. The van der Waals surface area contributed by atoms with Crippen molar-refractivity contribution in [1.29, 1.82) is 0 Å². The highest BCUT2D eigenvalue weighted by Crippen LogP contribution is 2.35. The lowest BCUT2D eigenvalue weighted by Crippen LogP contribution is -2.06. The summed E-state index contributed by atoms with van der Waals surface area (Å²) in [6.07, 6.45) is 0.102. The van der Waals surface area contributed by atoms with Crippen molar-refractivity contribution in [2.75, 3.05) is 17.8 Å². The third kappa shape index (κ3) is 3.13. The number of fused-ring (bicyclic) bond motifs is 1. The van der Waals surface area contributed by atoms with Crippen LogP contribution in [0.4, 0.5) is 17.1 Å². The van der Waals surface area contributed by atoms with E-state index in [4.69, 9.17) is 19.9 Å². The maximum Gasteiger partial charge on any atom is 0.231 e. The molecule has 2 aromatic rings. The summed E-state index contributed by atoms with van der Waals surface area (Å²) in [5, 5.41) is 3.29. The maximum absolute atomic E-state index is 5.91. The summed E-state index contributed by atoms with van der Waals surface area (Å²) in [6.45, 7) is 4.23. The Hall–Kier alpha value is -2.56. The fraction of sp³-hybridized carbons (Fsp3) is 0.250. The predicted molar refractivity (Wildman–Crippen MR) is 82.5 cm³/mol. The number of hydrogen-bond donors (Lipinski definition) is 2. The molecule has 0 aliphatic carbocycles. The first-order valence-corrected chi connectivity index (χ1v) is 6.84. The smallest absolute Gasteiger partial charge is 0.231 e. The quantitative estimate of drug-likeness (QED) is 0.842. The van der Waals surface area contributed by atoms with Gasteiger partial charge < -0.3 is 25.3 Å². The molecule has 0 aromatic heterocycles. The van der Waals surface area contributed by atoms with Gasteiger partial charge in [-0.2, -0.15) is 0 Å². The lowest BCUT2D eigenvalue weighted by molar-refractivity contribution is 0.174. The summed E-state index contributed by atoms with van der Waals surface area (Å²) >= 11 is 0. The Kier molecular flexibility index (Phi) is 3.48. The molecule has 3 rings (SSSR count). The Labute approximate surface area is 123 Å². The first kappa shape index (κ1) is 13.4. The number of rotatable bonds is 4. The van der Waals surface area contributed by atoms with Gasteiger partial charge in [-0.25, -0.2) is 0 Å². The first-order valence-electron chi connectivity index (χ1n) is 6.84. The van der Waals surface area contributed by atoms with Gasteiger partial charge >= 0.3 is 0 Å². The van der Waals surface area contributed by atoms with E-state index in [-0.39, 0.29) is 12.9 Å². The van der Waals surface area contributed by atoms with E-state index in [1.54, 1.807) is 0 Å². The molecule has 0 atom stereocenters. The summed E-state index contributed by atoms with van der Waals surface area (Å²) < 4.78 is 16.3. The van der Waals surface area contributed by atoms with Crippen molar-refractivity contribution in [2.45, 2.75) is 20.0 Å². The molecule has 1 aliphatic heterocycles. The molecular formula is C16H18N2O3. The van der Waals surface area contributed by atoms with Gasteiger partial charge in [0, 0.05) is 35.3 Å². The van der Waals surface area contributed by atoms with Gasteiger partial charge in [0.1, 0.15) is 5.75 Å². The highest BCUT2D eigenvalue weighted by atomic mass is 16.7. The molecule has 1 heterocycles. The molecule has 0 bridgehead atoms. The van der Waals surface area contributed by atoms with Crippen LogP contribution < -0.4 is 25.3 Å². The van der Waals surface area contributed by atoms with Crippen LogP contribution in [0.25, 0.3) is 0 Å². The minimum atomic E-state index is 0.102. The zero-order valence-electron chi connectivity index (χ0n) is 12.1. The third-order valence-electron chi connectivity index (χ3n) is 2.96. The van der Waals surface area contributed by atoms with Crippen LogP contribution >= 0.6 is 0 Å². The molecule has 1 aliphatic rings. The topological polar surface area (TPSA) is 65.7 Å². The van der Waals surface area contributed by atoms with Gasteiger partial charge in [-0.1, -0.05) is 0 Å². The molecule has 110 valence electrons. The summed E-state index contributed by atoms with van der Waals surface area (Å²) in [5.41, 5.74) is 8.33. The number of benzene rings is 2. The van der Waals surface area contributed by atoms with Gasteiger partial charge in [-0.05, 0) is 32.0 Å². The van der Waals surface area contributed by atoms with Crippen LogP contribution in [0.1, 0.15) is 13.8 Å². The van der Waals surface area contributed by atoms with Crippen molar-refractivity contribution in [3.8, 4) is 17.2 Å². The van der Waals surface area contributed by atoms with Crippen LogP contribution in [0.15, 0.2) is 36.4 Å². The zero-order valence-corrected chi connectivity index (χ0v) is 12.1. The van der Waals surface area contributed by atoms with Gasteiger partial charge in [0.05, 0.1) is 6.10 Å². The molecule has 0 saturated heterocycles. The van der Waals surface area contributed by atoms with Gasteiger partial charge in [-0.15, -0.1) is 0 Å². The van der Waals surface area contributed by atoms with Crippen molar-refractivity contribution in [1.82, 2.24) is 0 Å². The number of hydrogen-bond acceptors (Lipinski definition) is 5. The van der Waals surface area contributed by atoms with Crippen molar-refractivity contribution in [2.24, 2.45) is 0 Å². The fourth-order valence-electron chi connectivity index (χ4n) is 2.18. The number of nitrogen functional groups attached to an aromatic ring is 1. The van der Waals surface area contributed by atoms with Crippen molar-refractivity contribution in [3.63, 3.8) is 0 Å². The fourth-order valence-corrected chi connectivity index (χ4v) is 2.18. The number of anilines is 3. The van der Waals surface area contributed by atoms with Crippen LogP contribution in [0.3, 0.4) is 0 Å². The molecule has 0 spiro atoms. The van der Waals surface area contributed by atoms with Crippen LogP contribution in [0.5, 0.6) is 17.2 Å². The molecule has 5 heteroatoms. The van der Waals surface area contributed by atoms with Gasteiger partial charge in [-0.3, -0.25) is 0 Å². The van der Waals surface area contributed by atoms with Gasteiger partial charge in [0.25, 0.3) is 0 Å². The summed E-state index contributed by atoms with van der Waals surface area (Å²) in [6, 6.07) is 11.3. The zero-order chi connectivity index (χ0) is 14.8. The van der Waals surface area contributed by atoms with E-state index in [2.05, 4.69) is 5.32 Å². The van der Waals surface area contributed by atoms with Crippen LogP contribution in [-0.2, 0) is 0 Å². The number of ether oxygens (including phenoxy) is 3. The van der Waals surface area contributed by atoms with E-state index in [0.29, 0.717) is 5.69 Å². The molecule has 0 radical (unpaired) electrons. The highest BCUT2D eigenvalue weighted by molar-refractivity contribution is 5.68. The lowest BCUT2D eigenvalue weighted by atomic mass is 10.2. The van der Waals surface area contributed by atoms with Crippen molar-refractivity contribution < 1.29 is 14.2 Å². The SMILES string of the molecule is CC(C)Oc1cc(N)cc(Nc2ccc3c(c2)OCO3)c1. The average molecular weight is 286 g/mol. The minimum Gasteiger partial charge on any atom is -0.491 e. The predicted octanol–water partition coefficient (Wildman–Crippen LogP) is 3.53. The second kappa shape index (κ2) is 5.44. The Bertz CT molecular complexity index is 656. The van der Waals surface area contributed by atoms with Crippen LogP contribution in [-0.4, -0.2) is 12.9 Å². The maximum atomic E-state index is 5.91. The molecular weight excluding hydrogens is 268 g/mol. The molecule has 0 fully saturated rings.